The van der Waals surface area contributed by atoms with Gasteiger partial charge in [-0.25, -0.2) is 17.6 Å². The summed E-state index contributed by atoms with van der Waals surface area (Å²) in [6.07, 6.45) is 0. The van der Waals surface area contributed by atoms with Crippen molar-refractivity contribution >= 4 is 21.7 Å². The highest BCUT2D eigenvalue weighted by molar-refractivity contribution is 7.92. The zero-order valence-electron chi connectivity index (χ0n) is 12.9. The van der Waals surface area contributed by atoms with Gasteiger partial charge in [-0.05, 0) is 39.0 Å². The van der Waals surface area contributed by atoms with Gasteiger partial charge in [0.2, 0.25) is 0 Å². The number of nitrogens with one attached hydrogen (secondary N) is 2. The molecule has 0 saturated heterocycles. The van der Waals surface area contributed by atoms with E-state index in [9.17, 15) is 17.6 Å². The van der Waals surface area contributed by atoms with Crippen LogP contribution in [-0.4, -0.2) is 26.0 Å². The largest absolute Gasteiger partial charge is 0.462 e. The van der Waals surface area contributed by atoms with Gasteiger partial charge in [0.05, 0.1) is 12.3 Å². The molecule has 2 aromatic rings. The molecule has 0 bridgehead atoms. The van der Waals surface area contributed by atoms with Crippen LogP contribution < -0.4 is 4.72 Å². The quantitative estimate of drug-likeness (QED) is 0.819. The highest BCUT2D eigenvalue weighted by atomic mass is 32.2. The van der Waals surface area contributed by atoms with Gasteiger partial charge in [0.25, 0.3) is 10.0 Å². The number of benzene rings is 1. The van der Waals surface area contributed by atoms with E-state index in [4.69, 9.17) is 4.74 Å². The number of hydrogen-bond acceptors (Lipinski definition) is 4. The number of aromatic amines is 1. The predicted molar refractivity (Wildman–Crippen MR) is 83.4 cm³/mol. The molecule has 0 unspecified atom stereocenters. The molecule has 0 saturated carbocycles. The van der Waals surface area contributed by atoms with Gasteiger partial charge in [-0.15, -0.1) is 0 Å². The zero-order chi connectivity index (χ0) is 17.2. The minimum absolute atomic E-state index is 0.0479. The first-order valence-corrected chi connectivity index (χ1v) is 8.39. The number of sulfonamides is 1. The van der Waals surface area contributed by atoms with Gasteiger partial charge in [-0.3, -0.25) is 4.72 Å². The lowest BCUT2D eigenvalue weighted by Crippen LogP contribution is -2.18. The maximum absolute atomic E-state index is 13.2. The van der Waals surface area contributed by atoms with Crippen molar-refractivity contribution in [2.24, 2.45) is 0 Å². The molecule has 6 nitrogen and oxygen atoms in total. The molecule has 2 rings (SSSR count). The second-order valence-corrected chi connectivity index (χ2v) is 6.53. The van der Waals surface area contributed by atoms with Gasteiger partial charge in [-0.1, -0.05) is 6.07 Å². The van der Waals surface area contributed by atoms with Crippen molar-refractivity contribution in [3.8, 4) is 0 Å². The van der Waals surface area contributed by atoms with Crippen LogP contribution in [0, 0.1) is 19.7 Å². The van der Waals surface area contributed by atoms with Crippen LogP contribution in [-0.2, 0) is 14.8 Å². The summed E-state index contributed by atoms with van der Waals surface area (Å²) < 4.78 is 45.6. The number of halogens is 1. The van der Waals surface area contributed by atoms with Crippen LogP contribution in [0.4, 0.5) is 10.1 Å². The summed E-state index contributed by atoms with van der Waals surface area (Å²) in [4.78, 5) is 14.7. The van der Waals surface area contributed by atoms with E-state index in [1.165, 1.54) is 25.1 Å². The van der Waals surface area contributed by atoms with Crippen molar-refractivity contribution in [2.75, 3.05) is 11.3 Å². The van der Waals surface area contributed by atoms with Gasteiger partial charge in [-0.2, -0.15) is 0 Å². The topological polar surface area (TPSA) is 88.3 Å². The van der Waals surface area contributed by atoms with Crippen molar-refractivity contribution in [3.63, 3.8) is 0 Å². The SMILES string of the molecule is CCOC(=O)c1c(C)[nH]c(C)c1S(=O)(=O)Nc1cccc(F)c1. The number of aromatic nitrogens is 1. The summed E-state index contributed by atoms with van der Waals surface area (Å²) in [7, 11) is -4.08. The van der Waals surface area contributed by atoms with Crippen LogP contribution >= 0.6 is 0 Å². The number of esters is 1. The Hall–Kier alpha value is -2.35. The molecule has 0 amide bonds. The predicted octanol–water partition coefficient (Wildman–Crippen LogP) is 2.75. The Bertz CT molecular complexity index is 843. The molecule has 0 aliphatic rings. The highest BCUT2D eigenvalue weighted by Gasteiger charge is 2.30. The van der Waals surface area contributed by atoms with Crippen molar-refractivity contribution < 1.29 is 22.3 Å². The monoisotopic (exact) mass is 340 g/mol. The van der Waals surface area contributed by atoms with Gasteiger partial charge in [0, 0.05) is 11.4 Å². The molecular formula is C15H17FN2O4S. The number of hydrogen-bond donors (Lipinski definition) is 2. The second-order valence-electron chi connectivity index (χ2n) is 4.92. The molecule has 0 aliphatic carbocycles. The second kappa shape index (κ2) is 6.41. The van der Waals surface area contributed by atoms with Gasteiger partial charge < -0.3 is 9.72 Å². The Morgan fingerprint density at radius 1 is 1.30 bits per heavy atom. The highest BCUT2D eigenvalue weighted by Crippen LogP contribution is 2.26. The van der Waals surface area contributed by atoms with Gasteiger partial charge >= 0.3 is 5.97 Å². The minimum atomic E-state index is -4.08. The average Bonchev–Trinajstić information content (AvgIpc) is 2.74. The zero-order valence-corrected chi connectivity index (χ0v) is 13.8. The number of ether oxygens (including phenoxy) is 1. The van der Waals surface area contributed by atoms with Crippen LogP contribution in [0.2, 0.25) is 0 Å². The molecule has 1 aromatic carbocycles. The van der Waals surface area contributed by atoms with Crippen LogP contribution in [0.15, 0.2) is 29.2 Å². The summed E-state index contributed by atoms with van der Waals surface area (Å²) in [5.74, 6) is -1.30. The molecule has 124 valence electrons. The molecule has 0 radical (unpaired) electrons. The van der Waals surface area contributed by atoms with E-state index in [0.29, 0.717) is 11.4 Å². The molecule has 0 spiro atoms. The number of rotatable bonds is 5. The first-order valence-electron chi connectivity index (χ1n) is 6.91. The van der Waals surface area contributed by atoms with Gasteiger partial charge in [0.1, 0.15) is 16.3 Å². The van der Waals surface area contributed by atoms with Crippen LogP contribution in [0.1, 0.15) is 28.7 Å². The van der Waals surface area contributed by atoms with E-state index >= 15 is 0 Å². The fourth-order valence-corrected chi connectivity index (χ4v) is 3.80. The van der Waals surface area contributed by atoms with E-state index in [2.05, 4.69) is 9.71 Å². The van der Waals surface area contributed by atoms with Crippen molar-refractivity contribution in [3.05, 3.63) is 47.0 Å². The summed E-state index contributed by atoms with van der Waals surface area (Å²) in [5.41, 5.74) is 0.710. The lowest BCUT2D eigenvalue weighted by Gasteiger charge is -2.10. The van der Waals surface area contributed by atoms with Crippen molar-refractivity contribution in [2.45, 2.75) is 25.7 Å². The molecule has 8 heteroatoms. The summed E-state index contributed by atoms with van der Waals surface area (Å²) in [5, 5.41) is 0. The Morgan fingerprint density at radius 2 is 2.00 bits per heavy atom. The fourth-order valence-electron chi connectivity index (χ4n) is 2.30. The molecule has 0 fully saturated rings. The number of carbonyl (C=O) groups excluding carboxylic acids is 1. The number of aryl methyl sites for hydroxylation is 2. The first kappa shape index (κ1) is 17.0. The number of carbonyl (C=O) groups is 1. The first-order chi connectivity index (χ1) is 10.8. The summed E-state index contributed by atoms with van der Waals surface area (Å²) in [6.45, 7) is 4.88. The van der Waals surface area contributed by atoms with E-state index in [-0.39, 0.29) is 22.8 Å². The van der Waals surface area contributed by atoms with E-state index < -0.39 is 21.8 Å². The molecule has 1 heterocycles. The Balaban J connectivity index is 2.49. The van der Waals surface area contributed by atoms with E-state index in [1.54, 1.807) is 13.8 Å². The normalized spacial score (nSPS) is 11.3. The van der Waals surface area contributed by atoms with Crippen LogP contribution in [0.5, 0.6) is 0 Å². The molecule has 23 heavy (non-hydrogen) atoms. The third kappa shape index (κ3) is 3.53. The molecule has 0 atom stereocenters. The maximum Gasteiger partial charge on any atom is 0.341 e. The summed E-state index contributed by atoms with van der Waals surface area (Å²) >= 11 is 0. The Kier molecular flexibility index (Phi) is 4.74. The number of H-pyrrole nitrogens is 1. The Morgan fingerprint density at radius 3 is 2.61 bits per heavy atom. The number of anilines is 1. The third-order valence-corrected chi connectivity index (χ3v) is 4.69. The average molecular weight is 340 g/mol. The molecule has 1 aromatic heterocycles. The Labute approximate surface area is 133 Å². The smallest absolute Gasteiger partial charge is 0.341 e. The van der Waals surface area contributed by atoms with Crippen molar-refractivity contribution in [1.29, 1.82) is 0 Å². The lowest BCUT2D eigenvalue weighted by molar-refractivity contribution is 0.0521. The minimum Gasteiger partial charge on any atom is -0.462 e. The lowest BCUT2D eigenvalue weighted by atomic mass is 10.2. The van der Waals surface area contributed by atoms with E-state index in [1.807, 2.05) is 0 Å². The molecular weight excluding hydrogens is 323 g/mol. The molecule has 0 aliphatic heterocycles. The fraction of sp³-hybridized carbons (Fsp3) is 0.267. The van der Waals surface area contributed by atoms with Crippen LogP contribution in [0.25, 0.3) is 0 Å². The van der Waals surface area contributed by atoms with E-state index in [0.717, 1.165) is 6.07 Å². The summed E-state index contributed by atoms with van der Waals surface area (Å²) in [6, 6.07) is 5.05. The van der Waals surface area contributed by atoms with Crippen molar-refractivity contribution in [1.82, 2.24) is 4.98 Å². The third-order valence-electron chi connectivity index (χ3n) is 3.14. The maximum atomic E-state index is 13.2. The molecule has 2 N–H and O–H groups in total. The van der Waals surface area contributed by atoms with Gasteiger partial charge in [0.15, 0.2) is 0 Å². The standard InChI is InChI=1S/C15H17FN2O4S/c1-4-22-15(19)13-9(2)17-10(3)14(13)23(20,21)18-12-7-5-6-11(16)8-12/h5-8,17-18H,4H2,1-3H3. The van der Waals surface area contributed by atoms with Crippen LogP contribution in [0.3, 0.4) is 0 Å².